The summed E-state index contributed by atoms with van der Waals surface area (Å²) in [5.74, 6) is 1.08. The summed E-state index contributed by atoms with van der Waals surface area (Å²) in [6.45, 7) is 3.31. The third-order valence-electron chi connectivity index (χ3n) is 4.56. The number of guanidine groups is 1. The van der Waals surface area contributed by atoms with Gasteiger partial charge >= 0.3 is 0 Å². The lowest BCUT2D eigenvalue weighted by Crippen LogP contribution is -2.38. The predicted octanol–water partition coefficient (Wildman–Crippen LogP) is 2.81. The monoisotopic (exact) mass is 440 g/mol. The third kappa shape index (κ3) is 6.70. The number of aliphatic imine (C=N–C) groups is 1. The van der Waals surface area contributed by atoms with Crippen LogP contribution in [-0.2, 0) is 11.3 Å². The van der Waals surface area contributed by atoms with Crippen LogP contribution < -0.4 is 20.7 Å². The molecule has 8 heteroatoms. The maximum absolute atomic E-state index is 11.5. The first-order valence-electron chi connectivity index (χ1n) is 10.2. The van der Waals surface area contributed by atoms with E-state index in [4.69, 9.17) is 4.74 Å². The molecule has 0 fully saturated rings. The SMILES string of the molecule is CCNC(=O)COc1cccc(CNC(=NC)NCC(O)c2cc3ccccc3s2)c1. The molecule has 0 radical (unpaired) electrons. The van der Waals surface area contributed by atoms with E-state index >= 15 is 0 Å². The number of likely N-dealkylation sites (N-methyl/N-ethyl adjacent to an activating group) is 1. The quantitative estimate of drug-likeness (QED) is 0.303. The Morgan fingerprint density at radius 2 is 1.97 bits per heavy atom. The summed E-state index contributed by atoms with van der Waals surface area (Å²) in [5, 5.41) is 20.8. The van der Waals surface area contributed by atoms with Crippen LogP contribution in [0.3, 0.4) is 0 Å². The summed E-state index contributed by atoms with van der Waals surface area (Å²) in [7, 11) is 1.69. The van der Waals surface area contributed by atoms with Crippen LogP contribution in [0.2, 0.25) is 0 Å². The molecule has 0 aliphatic rings. The van der Waals surface area contributed by atoms with Crippen LogP contribution in [0.1, 0.15) is 23.5 Å². The molecule has 1 unspecified atom stereocenters. The van der Waals surface area contributed by atoms with Gasteiger partial charge in [-0.1, -0.05) is 30.3 Å². The second-order valence-electron chi connectivity index (χ2n) is 6.90. The lowest BCUT2D eigenvalue weighted by Gasteiger charge is -2.15. The van der Waals surface area contributed by atoms with Gasteiger partial charge < -0.3 is 25.8 Å². The normalized spacial score (nSPS) is 12.4. The smallest absolute Gasteiger partial charge is 0.257 e. The second-order valence-corrected chi connectivity index (χ2v) is 8.01. The van der Waals surface area contributed by atoms with Crippen molar-refractivity contribution >= 4 is 33.3 Å². The molecule has 2 aromatic carbocycles. The highest BCUT2D eigenvalue weighted by atomic mass is 32.1. The first-order chi connectivity index (χ1) is 15.1. The zero-order chi connectivity index (χ0) is 22.1. The van der Waals surface area contributed by atoms with Gasteiger partial charge in [0.2, 0.25) is 0 Å². The van der Waals surface area contributed by atoms with Gasteiger partial charge in [-0.05, 0) is 42.1 Å². The first kappa shape index (κ1) is 22.6. The minimum Gasteiger partial charge on any atom is -0.484 e. The van der Waals surface area contributed by atoms with Crippen molar-refractivity contribution in [3.63, 3.8) is 0 Å². The molecule has 164 valence electrons. The molecule has 0 spiro atoms. The van der Waals surface area contributed by atoms with Gasteiger partial charge in [0.1, 0.15) is 11.9 Å². The second kappa shape index (κ2) is 11.3. The van der Waals surface area contributed by atoms with Crippen molar-refractivity contribution in [2.45, 2.75) is 19.6 Å². The van der Waals surface area contributed by atoms with Crippen LogP contribution in [0.5, 0.6) is 5.75 Å². The van der Waals surface area contributed by atoms with Gasteiger partial charge in [-0.25, -0.2) is 0 Å². The molecule has 1 heterocycles. The van der Waals surface area contributed by atoms with Crippen molar-refractivity contribution in [2.24, 2.45) is 4.99 Å². The van der Waals surface area contributed by atoms with Crippen LogP contribution in [0.25, 0.3) is 10.1 Å². The standard InChI is InChI=1S/C23H28N4O3S/c1-3-25-22(29)15-30-18-9-6-7-16(11-18)13-26-23(24-2)27-14-19(28)21-12-17-8-4-5-10-20(17)31-21/h4-12,19,28H,3,13-15H2,1-2H3,(H,25,29)(H2,24,26,27). The minimum absolute atomic E-state index is 0.0104. The maximum atomic E-state index is 11.5. The summed E-state index contributed by atoms with van der Waals surface area (Å²) >= 11 is 1.59. The summed E-state index contributed by atoms with van der Waals surface area (Å²) in [5.41, 5.74) is 0.987. The highest BCUT2D eigenvalue weighted by Gasteiger charge is 2.12. The van der Waals surface area contributed by atoms with Crippen molar-refractivity contribution in [2.75, 3.05) is 26.7 Å². The third-order valence-corrected chi connectivity index (χ3v) is 5.78. The van der Waals surface area contributed by atoms with E-state index in [1.807, 2.05) is 55.5 Å². The number of rotatable bonds is 9. The fraction of sp³-hybridized carbons (Fsp3) is 0.304. The molecule has 4 N–H and O–H groups in total. The molecular formula is C23H28N4O3S. The molecule has 0 aliphatic carbocycles. The van der Waals surface area contributed by atoms with Gasteiger partial charge in [0.05, 0.1) is 0 Å². The highest BCUT2D eigenvalue weighted by Crippen LogP contribution is 2.29. The number of nitrogens with zero attached hydrogens (tertiary/aromatic N) is 1. The van der Waals surface area contributed by atoms with E-state index in [2.05, 4.69) is 27.0 Å². The maximum Gasteiger partial charge on any atom is 0.257 e. The number of thiophene rings is 1. The van der Waals surface area contributed by atoms with Crippen molar-refractivity contribution in [3.05, 3.63) is 65.0 Å². The summed E-state index contributed by atoms with van der Waals surface area (Å²) in [6, 6.07) is 17.7. The lowest BCUT2D eigenvalue weighted by molar-refractivity contribution is -0.122. The van der Waals surface area contributed by atoms with Crippen molar-refractivity contribution in [3.8, 4) is 5.75 Å². The number of amides is 1. The van der Waals surface area contributed by atoms with E-state index in [1.54, 1.807) is 18.4 Å². The number of fused-ring (bicyclic) bond motifs is 1. The topological polar surface area (TPSA) is 95.0 Å². The zero-order valence-electron chi connectivity index (χ0n) is 17.7. The van der Waals surface area contributed by atoms with Gasteiger partial charge in [-0.2, -0.15) is 0 Å². The molecule has 31 heavy (non-hydrogen) atoms. The Balaban J connectivity index is 1.49. The van der Waals surface area contributed by atoms with Crippen LogP contribution in [-0.4, -0.2) is 43.7 Å². The first-order valence-corrected chi connectivity index (χ1v) is 11.0. The Labute approximate surface area is 186 Å². The fourth-order valence-corrected chi connectivity index (χ4v) is 4.06. The van der Waals surface area contributed by atoms with Crippen LogP contribution in [0.15, 0.2) is 59.6 Å². The molecule has 7 nitrogen and oxygen atoms in total. The number of carbonyl (C=O) groups excluding carboxylic acids is 1. The van der Waals surface area contributed by atoms with Gasteiger partial charge in [0.15, 0.2) is 12.6 Å². The largest absolute Gasteiger partial charge is 0.484 e. The van der Waals surface area contributed by atoms with Crippen molar-refractivity contribution in [1.82, 2.24) is 16.0 Å². The number of aliphatic hydroxyl groups is 1. The Morgan fingerprint density at radius 3 is 2.74 bits per heavy atom. The summed E-state index contributed by atoms with van der Waals surface area (Å²) in [4.78, 5) is 16.7. The average molecular weight is 441 g/mol. The highest BCUT2D eigenvalue weighted by molar-refractivity contribution is 7.19. The molecule has 0 aliphatic heterocycles. The molecule has 3 aromatic rings. The van der Waals surface area contributed by atoms with E-state index in [-0.39, 0.29) is 12.5 Å². The number of hydrogen-bond acceptors (Lipinski definition) is 5. The van der Waals surface area contributed by atoms with E-state index in [1.165, 1.54) is 0 Å². The fourth-order valence-electron chi connectivity index (χ4n) is 3.01. The Kier molecular flexibility index (Phi) is 8.26. The van der Waals surface area contributed by atoms with Crippen LogP contribution >= 0.6 is 11.3 Å². The predicted molar refractivity (Wildman–Crippen MR) is 126 cm³/mol. The molecule has 0 saturated carbocycles. The molecular weight excluding hydrogens is 412 g/mol. The van der Waals surface area contributed by atoms with E-state index in [9.17, 15) is 9.90 Å². The van der Waals surface area contributed by atoms with Gasteiger partial charge in [-0.3, -0.25) is 9.79 Å². The van der Waals surface area contributed by atoms with Crippen molar-refractivity contribution < 1.29 is 14.6 Å². The zero-order valence-corrected chi connectivity index (χ0v) is 18.5. The van der Waals surface area contributed by atoms with Gasteiger partial charge in [-0.15, -0.1) is 11.3 Å². The summed E-state index contributed by atoms with van der Waals surface area (Å²) < 4.78 is 6.69. The number of ether oxygens (including phenoxy) is 1. The number of hydrogen-bond donors (Lipinski definition) is 4. The minimum atomic E-state index is -0.623. The van der Waals surface area contributed by atoms with Gasteiger partial charge in [0.25, 0.3) is 5.91 Å². The average Bonchev–Trinajstić information content (AvgIpc) is 3.23. The van der Waals surface area contributed by atoms with E-state index < -0.39 is 6.10 Å². The van der Waals surface area contributed by atoms with Gasteiger partial charge in [0, 0.05) is 36.3 Å². The molecule has 0 bridgehead atoms. The lowest BCUT2D eigenvalue weighted by atomic mass is 10.2. The Morgan fingerprint density at radius 1 is 1.13 bits per heavy atom. The molecule has 3 rings (SSSR count). The van der Waals surface area contributed by atoms with E-state index in [0.717, 1.165) is 20.5 Å². The van der Waals surface area contributed by atoms with Crippen molar-refractivity contribution in [1.29, 1.82) is 0 Å². The molecule has 1 amide bonds. The molecule has 1 aromatic heterocycles. The summed E-state index contributed by atoms with van der Waals surface area (Å²) in [6.07, 6.45) is -0.623. The molecule has 0 saturated heterocycles. The van der Waals surface area contributed by atoms with E-state index in [0.29, 0.717) is 31.3 Å². The number of nitrogens with one attached hydrogen (secondary N) is 3. The number of carbonyl (C=O) groups is 1. The number of benzene rings is 2. The number of aliphatic hydroxyl groups excluding tert-OH is 1. The van der Waals surface area contributed by atoms with Crippen LogP contribution in [0.4, 0.5) is 0 Å². The molecule has 1 atom stereocenters. The Hall–Kier alpha value is -3.10. The Bertz CT molecular complexity index is 1000. The van der Waals surface area contributed by atoms with Crippen LogP contribution in [0, 0.1) is 0 Å².